The smallest absolute Gasteiger partial charge is 0.341 e. The van der Waals surface area contributed by atoms with E-state index in [1.54, 1.807) is 6.92 Å². The van der Waals surface area contributed by atoms with Gasteiger partial charge in [-0.1, -0.05) is 18.6 Å². The number of carbonyl (C=O) groups excluding carboxylic acids is 2. The van der Waals surface area contributed by atoms with E-state index in [1.165, 1.54) is 11.3 Å². The van der Waals surface area contributed by atoms with Crippen molar-refractivity contribution in [1.82, 2.24) is 0 Å². The van der Waals surface area contributed by atoms with Crippen LogP contribution in [0.25, 0.3) is 0 Å². The molecule has 4 rings (SSSR count). The molecule has 1 aromatic heterocycles. The number of carboxylic acids is 1. The third-order valence-corrected chi connectivity index (χ3v) is 7.39. The number of esters is 1. The summed E-state index contributed by atoms with van der Waals surface area (Å²) in [5.41, 5.74) is 1.47. The number of amides is 1. The fourth-order valence-corrected chi connectivity index (χ4v) is 6.24. The Morgan fingerprint density at radius 2 is 1.86 bits per heavy atom. The van der Waals surface area contributed by atoms with Crippen molar-refractivity contribution >= 4 is 34.2 Å². The fraction of sp³-hybridized carbons (Fsp3) is 0.571. The fourth-order valence-electron chi connectivity index (χ4n) is 4.96. The van der Waals surface area contributed by atoms with E-state index < -0.39 is 23.8 Å². The van der Waals surface area contributed by atoms with Crippen molar-refractivity contribution in [2.75, 3.05) is 11.9 Å². The molecule has 1 amide bonds. The Balaban J connectivity index is 1.64. The highest BCUT2D eigenvalue weighted by molar-refractivity contribution is 7.17. The second kappa shape index (κ2) is 7.70. The molecule has 0 radical (unpaired) electrons. The maximum absolute atomic E-state index is 13.1. The summed E-state index contributed by atoms with van der Waals surface area (Å²) >= 11 is 1.45. The van der Waals surface area contributed by atoms with Crippen LogP contribution in [0.5, 0.6) is 0 Å². The molecule has 6 nitrogen and oxygen atoms in total. The van der Waals surface area contributed by atoms with Crippen LogP contribution in [-0.4, -0.2) is 29.6 Å². The van der Waals surface area contributed by atoms with Gasteiger partial charge in [0.05, 0.1) is 24.0 Å². The zero-order chi connectivity index (χ0) is 19.8. The molecule has 7 heteroatoms. The summed E-state index contributed by atoms with van der Waals surface area (Å²) in [5, 5.41) is 13.1. The lowest BCUT2D eigenvalue weighted by atomic mass is 9.82. The van der Waals surface area contributed by atoms with Crippen LogP contribution in [0.1, 0.15) is 53.4 Å². The van der Waals surface area contributed by atoms with E-state index in [0.29, 0.717) is 17.0 Å². The number of carbonyl (C=O) groups is 3. The number of thiophene rings is 1. The van der Waals surface area contributed by atoms with Gasteiger partial charge in [-0.2, -0.15) is 0 Å². The summed E-state index contributed by atoms with van der Waals surface area (Å²) in [6.45, 7) is 2.04. The summed E-state index contributed by atoms with van der Waals surface area (Å²) in [4.78, 5) is 38.6. The third-order valence-electron chi connectivity index (χ3n) is 6.18. The Kier molecular flexibility index (Phi) is 5.27. The van der Waals surface area contributed by atoms with Crippen LogP contribution < -0.4 is 5.32 Å². The summed E-state index contributed by atoms with van der Waals surface area (Å²) in [7, 11) is 0. The molecular weight excluding hydrogens is 378 g/mol. The SMILES string of the molecule is CCOC(=O)c1c(NC(=O)[C@@H]2[C@@H](C(=O)O)[C@H]3C=C[C@@H]2C3)sc2c1CCCCC2. The van der Waals surface area contributed by atoms with E-state index in [2.05, 4.69) is 5.32 Å². The first-order valence-corrected chi connectivity index (χ1v) is 10.9. The van der Waals surface area contributed by atoms with Crippen molar-refractivity contribution in [2.45, 2.75) is 45.4 Å². The molecule has 0 spiro atoms. The lowest BCUT2D eigenvalue weighted by Crippen LogP contribution is -2.36. The first-order valence-electron chi connectivity index (χ1n) is 10.0. The van der Waals surface area contributed by atoms with Crippen LogP contribution in [0.15, 0.2) is 12.2 Å². The van der Waals surface area contributed by atoms with Gasteiger partial charge in [0.1, 0.15) is 5.00 Å². The highest BCUT2D eigenvalue weighted by Gasteiger charge is 2.51. The molecule has 1 heterocycles. The van der Waals surface area contributed by atoms with Crippen LogP contribution >= 0.6 is 11.3 Å². The lowest BCUT2D eigenvalue weighted by Gasteiger charge is -2.23. The van der Waals surface area contributed by atoms with Crippen LogP contribution in [0.3, 0.4) is 0 Å². The number of aryl methyl sites for hydroxylation is 1. The molecule has 0 aliphatic heterocycles. The Hall–Kier alpha value is -2.15. The van der Waals surface area contributed by atoms with Gasteiger partial charge >= 0.3 is 11.9 Å². The van der Waals surface area contributed by atoms with Crippen LogP contribution in [0.4, 0.5) is 5.00 Å². The average Bonchev–Trinajstić information content (AvgIpc) is 3.31. The standard InChI is InChI=1S/C21H25NO5S/c1-2-27-21(26)17-13-6-4-3-5-7-14(13)28-19(17)22-18(23)15-11-8-9-12(10-11)16(15)20(24)25/h8-9,11-12,15-16H,2-7,10H2,1H3,(H,22,23)(H,24,25)/t11-,12+,15+,16+/m1/s1. The molecule has 28 heavy (non-hydrogen) atoms. The first kappa shape index (κ1) is 19.2. The molecular formula is C21H25NO5S. The minimum Gasteiger partial charge on any atom is -0.481 e. The van der Waals surface area contributed by atoms with E-state index in [9.17, 15) is 19.5 Å². The van der Waals surface area contributed by atoms with E-state index in [0.717, 1.165) is 42.5 Å². The predicted molar refractivity (Wildman–Crippen MR) is 106 cm³/mol. The van der Waals surface area contributed by atoms with Crippen molar-refractivity contribution in [3.8, 4) is 0 Å². The molecule has 0 aromatic carbocycles. The number of hydrogen-bond donors (Lipinski definition) is 2. The minimum atomic E-state index is -0.926. The third kappa shape index (κ3) is 3.26. The number of allylic oxidation sites excluding steroid dienone is 2. The summed E-state index contributed by atoms with van der Waals surface area (Å²) < 4.78 is 5.26. The number of nitrogens with one attached hydrogen (secondary N) is 1. The molecule has 0 saturated heterocycles. The van der Waals surface area contributed by atoms with E-state index in [1.807, 2.05) is 12.2 Å². The lowest BCUT2D eigenvalue weighted by molar-refractivity contribution is -0.146. The highest BCUT2D eigenvalue weighted by Crippen LogP contribution is 2.49. The molecule has 3 aliphatic rings. The van der Waals surface area contributed by atoms with Gasteiger partial charge in [-0.3, -0.25) is 9.59 Å². The van der Waals surface area contributed by atoms with E-state index in [4.69, 9.17) is 4.74 Å². The largest absolute Gasteiger partial charge is 0.481 e. The van der Waals surface area contributed by atoms with Crippen molar-refractivity contribution < 1.29 is 24.2 Å². The summed E-state index contributed by atoms with van der Waals surface area (Å²) in [6.07, 6.45) is 9.52. The van der Waals surface area contributed by atoms with Gasteiger partial charge in [0.15, 0.2) is 0 Å². The number of fused-ring (bicyclic) bond motifs is 3. The topological polar surface area (TPSA) is 92.7 Å². The van der Waals surface area contributed by atoms with Gasteiger partial charge in [0, 0.05) is 4.88 Å². The summed E-state index contributed by atoms with van der Waals surface area (Å²) in [6, 6.07) is 0. The Labute approximate surface area is 168 Å². The molecule has 3 aliphatic carbocycles. The Morgan fingerprint density at radius 1 is 1.14 bits per heavy atom. The molecule has 4 atom stereocenters. The van der Waals surface area contributed by atoms with Crippen molar-refractivity contribution in [1.29, 1.82) is 0 Å². The molecule has 1 fully saturated rings. The molecule has 1 saturated carbocycles. The van der Waals surface area contributed by atoms with Crippen LogP contribution in [0.2, 0.25) is 0 Å². The van der Waals surface area contributed by atoms with E-state index >= 15 is 0 Å². The average molecular weight is 404 g/mol. The quantitative estimate of drug-likeness (QED) is 0.445. The second-order valence-electron chi connectivity index (χ2n) is 7.82. The predicted octanol–water partition coefficient (Wildman–Crippen LogP) is 3.66. The zero-order valence-electron chi connectivity index (χ0n) is 15.9. The molecule has 150 valence electrons. The molecule has 1 aromatic rings. The minimum absolute atomic E-state index is 0.0464. The number of aliphatic carboxylic acids is 1. The van der Waals surface area contributed by atoms with Gasteiger partial charge in [-0.15, -0.1) is 11.3 Å². The summed E-state index contributed by atoms with van der Waals surface area (Å²) in [5.74, 6) is -3.04. The van der Waals surface area contributed by atoms with Crippen molar-refractivity contribution in [3.63, 3.8) is 0 Å². The maximum atomic E-state index is 13.1. The number of carboxylic acid groups (broad SMARTS) is 1. The zero-order valence-corrected chi connectivity index (χ0v) is 16.7. The molecule has 0 unspecified atom stereocenters. The van der Waals surface area contributed by atoms with Gasteiger partial charge in [0.25, 0.3) is 0 Å². The molecule has 2 N–H and O–H groups in total. The number of rotatable bonds is 5. The van der Waals surface area contributed by atoms with Gasteiger partial charge in [0.2, 0.25) is 5.91 Å². The number of ether oxygens (including phenoxy) is 1. The molecule has 2 bridgehead atoms. The van der Waals surface area contributed by atoms with E-state index in [-0.39, 0.29) is 24.3 Å². The highest BCUT2D eigenvalue weighted by atomic mass is 32.1. The van der Waals surface area contributed by atoms with Gasteiger partial charge < -0.3 is 15.2 Å². The van der Waals surface area contributed by atoms with Gasteiger partial charge in [-0.05, 0) is 56.4 Å². The Morgan fingerprint density at radius 3 is 2.57 bits per heavy atom. The van der Waals surface area contributed by atoms with Crippen molar-refractivity contribution in [2.24, 2.45) is 23.7 Å². The van der Waals surface area contributed by atoms with Crippen LogP contribution in [-0.2, 0) is 27.2 Å². The monoisotopic (exact) mass is 403 g/mol. The number of hydrogen-bond acceptors (Lipinski definition) is 5. The maximum Gasteiger partial charge on any atom is 0.341 e. The first-order chi connectivity index (χ1) is 13.5. The van der Waals surface area contributed by atoms with Gasteiger partial charge in [-0.25, -0.2) is 4.79 Å². The van der Waals surface area contributed by atoms with Crippen LogP contribution in [0, 0.1) is 23.7 Å². The second-order valence-corrected chi connectivity index (χ2v) is 8.92. The van der Waals surface area contributed by atoms with Crippen molar-refractivity contribution in [3.05, 3.63) is 28.2 Å². The Bertz CT molecular complexity index is 842. The normalized spacial score (nSPS) is 27.9. The number of anilines is 1.